The first kappa shape index (κ1) is 21.4. The van der Waals surface area contributed by atoms with E-state index in [1.54, 1.807) is 4.68 Å². The molecule has 0 fully saturated rings. The van der Waals surface area contributed by atoms with Crippen LogP contribution in [0.4, 0.5) is 0 Å². The summed E-state index contributed by atoms with van der Waals surface area (Å²) in [6, 6.07) is 9.58. The van der Waals surface area contributed by atoms with Crippen LogP contribution in [0.15, 0.2) is 30.3 Å². The minimum Gasteiger partial charge on any atom is -0.354 e. The highest BCUT2D eigenvalue weighted by molar-refractivity contribution is 5.85. The van der Waals surface area contributed by atoms with Crippen LogP contribution < -0.4 is 11.1 Å². The Kier molecular flexibility index (Phi) is 8.90. The SMILES string of the molecule is Cc1nn(C)c(C)c1CC(=O)NCC(N)c1ccccc1.Cl.Cl. The summed E-state index contributed by atoms with van der Waals surface area (Å²) in [5.41, 5.74) is 10.0. The highest BCUT2D eigenvalue weighted by Gasteiger charge is 2.14. The van der Waals surface area contributed by atoms with Crippen molar-refractivity contribution < 1.29 is 4.79 Å². The number of hydrogen-bond acceptors (Lipinski definition) is 3. The third-order valence-electron chi connectivity index (χ3n) is 3.74. The second kappa shape index (κ2) is 9.55. The predicted molar refractivity (Wildman–Crippen MR) is 97.3 cm³/mol. The van der Waals surface area contributed by atoms with Gasteiger partial charge in [-0.2, -0.15) is 5.10 Å². The monoisotopic (exact) mass is 358 g/mol. The molecule has 128 valence electrons. The third-order valence-corrected chi connectivity index (χ3v) is 3.74. The molecule has 2 rings (SSSR count). The molecule has 5 nitrogen and oxygen atoms in total. The van der Waals surface area contributed by atoms with E-state index >= 15 is 0 Å². The van der Waals surface area contributed by atoms with Crippen molar-refractivity contribution in [3.05, 3.63) is 52.8 Å². The zero-order chi connectivity index (χ0) is 15.4. The quantitative estimate of drug-likeness (QED) is 0.860. The molecule has 0 saturated heterocycles. The number of hydrogen-bond donors (Lipinski definition) is 2. The molecule has 0 radical (unpaired) electrons. The molecule has 1 aromatic carbocycles. The number of nitrogens with zero attached hydrogens (tertiary/aromatic N) is 2. The Balaban J connectivity index is 0.00000242. The smallest absolute Gasteiger partial charge is 0.224 e. The van der Waals surface area contributed by atoms with E-state index in [1.165, 1.54) is 0 Å². The van der Waals surface area contributed by atoms with Gasteiger partial charge >= 0.3 is 0 Å². The molecule has 1 aromatic heterocycles. The maximum atomic E-state index is 12.1. The highest BCUT2D eigenvalue weighted by atomic mass is 35.5. The van der Waals surface area contributed by atoms with Crippen molar-refractivity contribution >= 4 is 30.7 Å². The summed E-state index contributed by atoms with van der Waals surface area (Å²) in [6.45, 7) is 4.32. The van der Waals surface area contributed by atoms with Gasteiger partial charge < -0.3 is 11.1 Å². The van der Waals surface area contributed by atoms with Crippen molar-refractivity contribution in [1.29, 1.82) is 0 Å². The predicted octanol–water partition coefficient (Wildman–Crippen LogP) is 2.24. The largest absolute Gasteiger partial charge is 0.354 e. The molecular formula is C16H24Cl2N4O. The number of halogens is 2. The molecule has 1 unspecified atom stereocenters. The molecule has 0 bridgehead atoms. The van der Waals surface area contributed by atoms with E-state index in [0.717, 1.165) is 22.5 Å². The number of aryl methyl sites for hydroxylation is 2. The third kappa shape index (κ3) is 5.53. The fraction of sp³-hybridized carbons (Fsp3) is 0.375. The first-order valence-electron chi connectivity index (χ1n) is 7.05. The van der Waals surface area contributed by atoms with E-state index in [4.69, 9.17) is 5.73 Å². The van der Waals surface area contributed by atoms with E-state index in [1.807, 2.05) is 51.2 Å². The summed E-state index contributed by atoms with van der Waals surface area (Å²) in [7, 11) is 1.88. The maximum absolute atomic E-state index is 12.1. The van der Waals surface area contributed by atoms with Crippen molar-refractivity contribution in [2.45, 2.75) is 26.3 Å². The Morgan fingerprint density at radius 2 is 1.87 bits per heavy atom. The van der Waals surface area contributed by atoms with Crippen LogP contribution in [0, 0.1) is 13.8 Å². The van der Waals surface area contributed by atoms with Gasteiger partial charge in [0.05, 0.1) is 12.1 Å². The Morgan fingerprint density at radius 3 is 2.39 bits per heavy atom. The zero-order valence-corrected chi connectivity index (χ0v) is 15.2. The lowest BCUT2D eigenvalue weighted by Gasteiger charge is -2.13. The van der Waals surface area contributed by atoms with Gasteiger partial charge in [0.25, 0.3) is 0 Å². The topological polar surface area (TPSA) is 72.9 Å². The van der Waals surface area contributed by atoms with E-state index in [9.17, 15) is 4.79 Å². The van der Waals surface area contributed by atoms with Crippen molar-refractivity contribution in [2.24, 2.45) is 12.8 Å². The van der Waals surface area contributed by atoms with Gasteiger partial charge in [-0.3, -0.25) is 9.48 Å². The molecule has 3 N–H and O–H groups in total. The molecule has 0 aliphatic rings. The average molecular weight is 359 g/mol. The van der Waals surface area contributed by atoms with Gasteiger partial charge in [0, 0.05) is 30.9 Å². The van der Waals surface area contributed by atoms with E-state index < -0.39 is 0 Å². The number of nitrogens with one attached hydrogen (secondary N) is 1. The van der Waals surface area contributed by atoms with E-state index in [2.05, 4.69) is 10.4 Å². The summed E-state index contributed by atoms with van der Waals surface area (Å²) >= 11 is 0. The number of rotatable bonds is 5. The summed E-state index contributed by atoms with van der Waals surface area (Å²) in [6.07, 6.45) is 0.340. The summed E-state index contributed by atoms with van der Waals surface area (Å²) in [4.78, 5) is 12.1. The summed E-state index contributed by atoms with van der Waals surface area (Å²) in [5, 5.41) is 7.21. The van der Waals surface area contributed by atoms with Crippen LogP contribution in [0.2, 0.25) is 0 Å². The Hall–Kier alpha value is -1.56. The highest BCUT2D eigenvalue weighted by Crippen LogP contribution is 2.13. The Morgan fingerprint density at radius 1 is 1.26 bits per heavy atom. The molecule has 7 heteroatoms. The Labute approximate surface area is 149 Å². The molecular weight excluding hydrogens is 335 g/mol. The van der Waals surface area contributed by atoms with Gasteiger partial charge in [-0.25, -0.2) is 0 Å². The second-order valence-corrected chi connectivity index (χ2v) is 5.27. The minimum absolute atomic E-state index is 0. The number of aromatic nitrogens is 2. The lowest BCUT2D eigenvalue weighted by molar-refractivity contribution is -0.120. The van der Waals surface area contributed by atoms with Crippen LogP contribution in [-0.2, 0) is 18.3 Å². The van der Waals surface area contributed by atoms with Gasteiger partial charge in [-0.1, -0.05) is 30.3 Å². The number of amides is 1. The molecule has 0 saturated carbocycles. The van der Waals surface area contributed by atoms with Crippen molar-refractivity contribution in [2.75, 3.05) is 6.54 Å². The van der Waals surface area contributed by atoms with Crippen molar-refractivity contribution in [3.8, 4) is 0 Å². The normalized spacial score (nSPS) is 11.1. The molecule has 1 heterocycles. The van der Waals surface area contributed by atoms with Crippen LogP contribution >= 0.6 is 24.8 Å². The van der Waals surface area contributed by atoms with Gasteiger partial charge in [-0.15, -0.1) is 24.8 Å². The summed E-state index contributed by atoms with van der Waals surface area (Å²) in [5.74, 6) is -0.0272. The van der Waals surface area contributed by atoms with Crippen LogP contribution in [0.5, 0.6) is 0 Å². The van der Waals surface area contributed by atoms with Crippen molar-refractivity contribution in [3.63, 3.8) is 0 Å². The molecule has 0 spiro atoms. The maximum Gasteiger partial charge on any atom is 0.224 e. The zero-order valence-electron chi connectivity index (χ0n) is 13.6. The fourth-order valence-corrected chi connectivity index (χ4v) is 2.34. The van der Waals surface area contributed by atoms with Crippen molar-refractivity contribution in [1.82, 2.24) is 15.1 Å². The lowest BCUT2D eigenvalue weighted by Crippen LogP contribution is -2.33. The van der Waals surface area contributed by atoms with Crippen LogP contribution in [-0.4, -0.2) is 22.2 Å². The minimum atomic E-state index is -0.189. The van der Waals surface area contributed by atoms with Gasteiger partial charge in [0.1, 0.15) is 0 Å². The standard InChI is InChI=1S/C16H22N4O.2ClH/c1-11-14(12(2)20(3)19-11)9-16(21)18-10-15(17)13-7-5-4-6-8-13;;/h4-8,15H,9-10,17H2,1-3H3,(H,18,21);2*1H. The first-order chi connectivity index (χ1) is 9.99. The van der Waals surface area contributed by atoms with E-state index in [0.29, 0.717) is 13.0 Å². The summed E-state index contributed by atoms with van der Waals surface area (Å²) < 4.78 is 1.80. The average Bonchev–Trinajstić information content (AvgIpc) is 2.72. The molecule has 0 aliphatic heterocycles. The molecule has 0 aliphatic carbocycles. The second-order valence-electron chi connectivity index (χ2n) is 5.27. The van der Waals surface area contributed by atoms with Gasteiger partial charge in [0.2, 0.25) is 5.91 Å². The first-order valence-corrected chi connectivity index (χ1v) is 7.05. The number of benzene rings is 1. The van der Waals surface area contributed by atoms with Crippen LogP contribution in [0.25, 0.3) is 0 Å². The number of carbonyl (C=O) groups is 1. The van der Waals surface area contributed by atoms with Gasteiger partial charge in [0.15, 0.2) is 0 Å². The molecule has 1 amide bonds. The molecule has 1 atom stereocenters. The Bertz CT molecular complexity index is 629. The van der Waals surface area contributed by atoms with Gasteiger partial charge in [-0.05, 0) is 19.4 Å². The van der Waals surface area contributed by atoms with Crippen LogP contribution in [0.1, 0.15) is 28.6 Å². The fourth-order valence-electron chi connectivity index (χ4n) is 2.34. The number of carbonyl (C=O) groups excluding carboxylic acids is 1. The van der Waals surface area contributed by atoms with E-state index in [-0.39, 0.29) is 36.8 Å². The lowest BCUT2D eigenvalue weighted by atomic mass is 10.1. The molecule has 23 heavy (non-hydrogen) atoms. The van der Waals surface area contributed by atoms with Crippen LogP contribution in [0.3, 0.4) is 0 Å². The number of nitrogens with two attached hydrogens (primary N) is 1. The molecule has 2 aromatic rings.